The fourth-order valence-electron chi connectivity index (χ4n) is 13.3. The number of rotatable bonds is 50. The third-order valence-electron chi connectivity index (χ3n) is 20.1. The Kier molecular flexibility index (Phi) is 40.9. The summed E-state index contributed by atoms with van der Waals surface area (Å²) in [5.41, 5.74) is 13.7. The summed E-state index contributed by atoms with van der Waals surface area (Å²) >= 11 is 0. The molecule has 125 heavy (non-hydrogen) atoms. The second-order valence-corrected chi connectivity index (χ2v) is 32.3. The lowest BCUT2D eigenvalue weighted by Gasteiger charge is -2.31. The van der Waals surface area contributed by atoms with Gasteiger partial charge in [0.05, 0.1) is 63.0 Å². The van der Waals surface area contributed by atoms with Crippen LogP contribution in [0, 0.1) is 23.7 Å². The monoisotopic (exact) mass is 1760 g/mol. The Morgan fingerprint density at radius 1 is 0.472 bits per heavy atom. The predicted octanol–water partition coefficient (Wildman–Crippen LogP) is -7.08. The van der Waals surface area contributed by atoms with Crippen LogP contribution in [-0.2, 0) is 106 Å². The van der Waals surface area contributed by atoms with Crippen LogP contribution < -0.4 is 91.2 Å². The van der Waals surface area contributed by atoms with Gasteiger partial charge in [-0.3, -0.25) is 81.5 Å². The molecule has 0 aliphatic carbocycles. The summed E-state index contributed by atoms with van der Waals surface area (Å²) in [5.74, 6) is -19.8. The minimum Gasteiger partial charge on any atom is -0.480 e. The van der Waals surface area contributed by atoms with Crippen LogP contribution >= 0.6 is 0 Å². The maximum absolute atomic E-state index is 14.8. The highest BCUT2D eigenvalue weighted by Gasteiger charge is 2.43. The molecule has 4 aromatic rings. The van der Waals surface area contributed by atoms with Gasteiger partial charge in [-0.1, -0.05) is 104 Å². The van der Waals surface area contributed by atoms with Crippen LogP contribution in [0.25, 0.3) is 10.9 Å². The van der Waals surface area contributed by atoms with Crippen molar-refractivity contribution in [3.8, 4) is 0 Å². The first-order valence-corrected chi connectivity index (χ1v) is 41.0. The van der Waals surface area contributed by atoms with Crippen molar-refractivity contribution in [2.45, 2.75) is 237 Å². The number of carbonyl (C=O) groups excluding carboxylic acids is 17. The summed E-state index contributed by atoms with van der Waals surface area (Å²) in [6.07, 6.45) is 0.0946. The van der Waals surface area contributed by atoms with Crippen LogP contribution in [-0.4, -0.2) is 287 Å². The number of benzene rings is 2. The molecule has 44 nitrogen and oxygen atoms in total. The molecule has 0 spiro atoms. The normalized spacial score (nSPS) is 16.4. The van der Waals surface area contributed by atoms with Gasteiger partial charge in [0.15, 0.2) is 0 Å². The number of hydrogen-bond acceptors (Lipinski definition) is 24. The Morgan fingerprint density at radius 2 is 0.928 bits per heavy atom. The van der Waals surface area contributed by atoms with E-state index in [9.17, 15) is 112 Å². The van der Waals surface area contributed by atoms with Crippen LogP contribution in [0.5, 0.6) is 0 Å². The molecule has 26 N–H and O–H groups in total. The Balaban J connectivity index is 1.17. The van der Waals surface area contributed by atoms with Crippen molar-refractivity contribution in [2.75, 3.05) is 32.8 Å². The molecule has 17 atom stereocenters. The van der Waals surface area contributed by atoms with E-state index in [1.807, 2.05) is 12.1 Å². The van der Waals surface area contributed by atoms with Gasteiger partial charge in [0, 0.05) is 42.7 Å². The van der Waals surface area contributed by atoms with Crippen molar-refractivity contribution in [1.82, 2.24) is 99.6 Å². The lowest BCUT2D eigenvalue weighted by molar-refractivity contribution is -0.143. The molecule has 0 unspecified atom stereocenters. The van der Waals surface area contributed by atoms with E-state index in [0.717, 1.165) is 17.8 Å². The van der Waals surface area contributed by atoms with E-state index in [0.29, 0.717) is 17.5 Å². The number of amides is 17. The third-order valence-corrected chi connectivity index (χ3v) is 20.1. The predicted molar refractivity (Wildman–Crippen MR) is 447 cm³/mol. The topological polar surface area (TPSA) is 689 Å². The van der Waals surface area contributed by atoms with Gasteiger partial charge >= 0.3 is 5.97 Å². The Bertz CT molecular complexity index is 4410. The number of imidazole rings is 1. The maximum Gasteiger partial charge on any atom is 0.326 e. The van der Waals surface area contributed by atoms with E-state index < -0.39 is 254 Å². The minimum absolute atomic E-state index is 0.0167. The number of carboxylic acids is 1. The van der Waals surface area contributed by atoms with Crippen molar-refractivity contribution < 1.29 is 112 Å². The number of aromatic amines is 2. The molecule has 5 rings (SSSR count). The summed E-state index contributed by atoms with van der Waals surface area (Å²) < 4.78 is 0. The smallest absolute Gasteiger partial charge is 0.326 e. The number of para-hydroxylation sites is 1. The number of carboxylic acid groups (broad SMARTS) is 1. The number of aromatic nitrogens is 3. The average Bonchev–Trinajstić information content (AvgIpc) is 1.71. The number of primary amides is 1. The maximum atomic E-state index is 14.8. The molecule has 0 bridgehead atoms. The van der Waals surface area contributed by atoms with Crippen molar-refractivity contribution >= 4 is 117 Å². The first-order chi connectivity index (χ1) is 58.8. The first kappa shape index (κ1) is 103. The zero-order chi connectivity index (χ0) is 93.4. The number of aliphatic hydroxyl groups excluding tert-OH is 4. The second kappa shape index (κ2) is 49.7. The number of nitrogens with two attached hydrogens (primary N) is 2. The quantitative estimate of drug-likeness (QED) is 0.0195. The molecule has 2 aromatic carbocycles. The van der Waals surface area contributed by atoms with Crippen LogP contribution in [0.1, 0.15) is 132 Å². The van der Waals surface area contributed by atoms with Gasteiger partial charge in [0.1, 0.15) is 84.6 Å². The van der Waals surface area contributed by atoms with Crippen LogP contribution in [0.4, 0.5) is 0 Å². The van der Waals surface area contributed by atoms with E-state index >= 15 is 0 Å². The molecule has 1 aliphatic rings. The molecule has 17 amide bonds. The molecule has 688 valence electrons. The Morgan fingerprint density at radius 3 is 1.46 bits per heavy atom. The van der Waals surface area contributed by atoms with E-state index in [1.54, 1.807) is 90.2 Å². The molecular weight excluding hydrogens is 1640 g/mol. The zero-order valence-corrected chi connectivity index (χ0v) is 71.9. The molecule has 3 heterocycles. The standard InChI is InChI=1S/C81H121N21O23/c1-38(2)25-52(91-67(110)42(9)89-61(108)33-86-70(113)57(35-103)96-72(115)54(30-60(83)107)92-69(112)50(82)28-47-31-85-51-22-17-16-21-49(47)51)73(116)100-66(45(12)106)79(122)97-58(36-104)71(114)87-34-62(109)98-63(40(5)6)76(119)93-53(29-48-32-84-37-88-48)74(117)101-65(44(11)105)78(121)94-55(27-46-19-14-13-15-20-46)80(123)102-24-18-23-59(102)75(118)90-43(10)68(111)99-64(41(7)8)77(120)95-56(81(124)125)26-39(3)4/h13-17,19-22,31-32,37-45,50,52-59,63-66,85,103-106H,18,23-30,33-36,82H2,1-12H3,(H2,83,107)(H,84,88)(H,86,113)(H,87,114)(H,89,108)(H,90,118)(H,91,110)(H,92,112)(H,93,119)(H,94,121)(H,95,120)(H,96,115)(H,97,122)(H,98,109)(H,99,111)(H,100,116)(H,101,117)(H,124,125)/t42-,43-,44+,45+,50-,52-,53-,54-,55-,56-,57-,58-,59-,63-,64-,65-,66-/m0/s1. The number of likely N-dealkylation sites (tertiary alicyclic amines) is 1. The number of H-pyrrole nitrogens is 2. The lowest BCUT2D eigenvalue weighted by atomic mass is 10.00. The number of nitrogens with one attached hydrogen (secondary N) is 17. The number of hydrogen-bond donors (Lipinski definition) is 24. The molecule has 1 fully saturated rings. The molecule has 0 radical (unpaired) electrons. The van der Waals surface area contributed by atoms with Crippen molar-refractivity contribution in [3.05, 3.63) is 90.1 Å². The van der Waals surface area contributed by atoms with Crippen LogP contribution in [0.15, 0.2) is 73.3 Å². The van der Waals surface area contributed by atoms with Gasteiger partial charge in [0.2, 0.25) is 100 Å². The highest BCUT2D eigenvalue weighted by Crippen LogP contribution is 2.23. The highest BCUT2D eigenvalue weighted by molar-refractivity contribution is 6.02. The molecule has 0 saturated carbocycles. The first-order valence-electron chi connectivity index (χ1n) is 41.0. The van der Waals surface area contributed by atoms with Gasteiger partial charge in [-0.25, -0.2) is 9.78 Å². The van der Waals surface area contributed by atoms with Crippen LogP contribution in [0.2, 0.25) is 0 Å². The number of fused-ring (bicyclic) bond motifs is 1. The summed E-state index contributed by atoms with van der Waals surface area (Å²) in [6.45, 7) is 14.1. The zero-order valence-electron chi connectivity index (χ0n) is 71.9. The van der Waals surface area contributed by atoms with Crippen molar-refractivity contribution in [1.29, 1.82) is 0 Å². The Labute approximate surface area is 721 Å². The van der Waals surface area contributed by atoms with Crippen LogP contribution in [0.3, 0.4) is 0 Å². The fraction of sp³-hybridized carbons (Fsp3) is 0.568. The number of nitrogens with zero attached hydrogens (tertiary/aromatic N) is 2. The molecule has 2 aromatic heterocycles. The van der Waals surface area contributed by atoms with Gasteiger partial charge in [-0.15, -0.1) is 0 Å². The second-order valence-electron chi connectivity index (χ2n) is 32.3. The van der Waals surface area contributed by atoms with Gasteiger partial charge in [-0.2, -0.15) is 0 Å². The third kappa shape index (κ3) is 32.6. The molecule has 1 saturated heterocycles. The van der Waals surface area contributed by atoms with Crippen molar-refractivity contribution in [3.63, 3.8) is 0 Å². The molecular formula is C81H121N21O23. The highest BCUT2D eigenvalue weighted by atomic mass is 16.4. The summed E-state index contributed by atoms with van der Waals surface area (Å²) in [4.78, 5) is 255. The SMILES string of the molecule is CC(C)C[C@H](NC(=O)[C@@H](NC(=O)[C@H](C)NC(=O)[C@@H]1CCCN1C(=O)[C@H](Cc1ccccc1)NC(=O)[C@@H](NC(=O)[C@H](Cc1c[nH]cn1)NC(=O)[C@@H](NC(=O)CNC(=O)[C@H](CO)NC(=O)[C@@H](NC(=O)[C@H](CC(C)C)NC(=O)[C@H](C)NC(=O)CNC(=O)[C@H](CO)NC(=O)[C@H](CC(N)=O)NC(=O)[C@@H](N)Cc1c[nH]c2ccccc12)[C@@H](C)O)C(C)C)[C@@H](C)O)C(C)C)C(=O)O. The Hall–Kier alpha value is -12.6. The average molecular weight is 1760 g/mol. The van der Waals surface area contributed by atoms with Crippen molar-refractivity contribution in [2.24, 2.45) is 35.1 Å². The fourth-order valence-corrected chi connectivity index (χ4v) is 13.3. The number of aliphatic hydroxyl groups is 4. The number of aliphatic carboxylic acids is 1. The van der Waals surface area contributed by atoms with E-state index in [4.69, 9.17) is 11.5 Å². The van der Waals surface area contributed by atoms with Gasteiger partial charge in [0.25, 0.3) is 0 Å². The lowest BCUT2D eigenvalue weighted by Crippen LogP contribution is -2.62. The van der Waals surface area contributed by atoms with Gasteiger partial charge in [-0.05, 0) is 101 Å². The van der Waals surface area contributed by atoms with E-state index in [1.165, 1.54) is 52.0 Å². The number of carbonyl (C=O) groups is 18. The summed E-state index contributed by atoms with van der Waals surface area (Å²) in [5, 5.41) is 88.8. The van der Waals surface area contributed by atoms with E-state index in [-0.39, 0.29) is 62.6 Å². The minimum atomic E-state index is -1.89. The molecule has 1 aliphatic heterocycles. The summed E-state index contributed by atoms with van der Waals surface area (Å²) in [7, 11) is 0. The van der Waals surface area contributed by atoms with Gasteiger partial charge < -0.3 is 132 Å². The largest absolute Gasteiger partial charge is 0.480 e. The summed E-state index contributed by atoms with van der Waals surface area (Å²) in [6, 6.07) is -7.01. The van der Waals surface area contributed by atoms with E-state index in [2.05, 4.69) is 94.7 Å². The molecule has 44 heteroatoms.